The first-order chi connectivity index (χ1) is 16.6. The summed E-state index contributed by atoms with van der Waals surface area (Å²) in [6.07, 6.45) is 0.629. The van der Waals surface area contributed by atoms with E-state index >= 15 is 0 Å². The molecule has 0 spiro atoms. The molecule has 2 fully saturated rings. The maximum absolute atomic E-state index is 14.5. The van der Waals surface area contributed by atoms with Gasteiger partial charge in [0, 0.05) is 26.2 Å². The Kier molecular flexibility index (Phi) is 5.32. The van der Waals surface area contributed by atoms with Crippen molar-refractivity contribution in [2.75, 3.05) is 13.1 Å². The van der Waals surface area contributed by atoms with Gasteiger partial charge in [0.05, 0.1) is 16.4 Å². The third-order valence-corrected chi connectivity index (χ3v) is 10.1. The zero-order valence-electron chi connectivity index (χ0n) is 18.8. The fourth-order valence-corrected chi connectivity index (χ4v) is 6.90. The Bertz CT molecular complexity index is 1430. The van der Waals surface area contributed by atoms with Crippen LogP contribution >= 0.6 is 0 Å². The number of alkyl halides is 1. The average molecular weight is 499 g/mol. The van der Waals surface area contributed by atoms with Crippen molar-refractivity contribution in [3.05, 3.63) is 69.1 Å². The third kappa shape index (κ3) is 3.82. The number of pyridine rings is 1. The number of aromatic nitrogens is 1. The number of nitrogens with zero attached hydrogens (tertiary/aromatic N) is 3. The molecule has 0 radical (unpaired) electrons. The maximum atomic E-state index is 14.5. The number of benzene rings is 1. The van der Waals surface area contributed by atoms with Gasteiger partial charge in [-0.3, -0.25) is 14.4 Å². The van der Waals surface area contributed by atoms with Crippen molar-refractivity contribution in [2.45, 2.75) is 48.5 Å². The molecule has 2 amide bonds. The zero-order valence-corrected chi connectivity index (χ0v) is 19.6. The van der Waals surface area contributed by atoms with Crippen molar-refractivity contribution < 1.29 is 22.4 Å². The van der Waals surface area contributed by atoms with Gasteiger partial charge in [-0.05, 0) is 55.5 Å². The third-order valence-electron chi connectivity index (χ3n) is 7.04. The topological polar surface area (TPSA) is 129 Å². The van der Waals surface area contributed by atoms with E-state index in [1.807, 2.05) is 6.07 Å². The van der Waals surface area contributed by atoms with E-state index in [1.165, 1.54) is 21.6 Å². The minimum atomic E-state index is -4.01. The number of nitriles is 1. The number of carbonyl (C=O) groups excluding carboxylic acids is 2. The molecule has 9 nitrogen and oxygen atoms in total. The van der Waals surface area contributed by atoms with Gasteiger partial charge in [0.25, 0.3) is 17.4 Å². The van der Waals surface area contributed by atoms with Gasteiger partial charge in [-0.2, -0.15) is 5.26 Å². The van der Waals surface area contributed by atoms with Crippen LogP contribution in [0.1, 0.15) is 57.7 Å². The lowest BCUT2D eigenvalue weighted by molar-refractivity contribution is 0.0694. The molecule has 0 unspecified atom stereocenters. The molecule has 35 heavy (non-hydrogen) atoms. The summed E-state index contributed by atoms with van der Waals surface area (Å²) in [4.78, 5) is 40.0. The zero-order chi connectivity index (χ0) is 25.0. The van der Waals surface area contributed by atoms with Crippen LogP contribution in [-0.4, -0.2) is 52.5 Å². The molecule has 1 aromatic heterocycles. The molecule has 1 N–H and O–H groups in total. The lowest BCUT2D eigenvalue weighted by Crippen LogP contribution is -2.51. The van der Waals surface area contributed by atoms with E-state index in [0.29, 0.717) is 18.4 Å². The van der Waals surface area contributed by atoms with Crippen LogP contribution < -0.4 is 10.9 Å². The van der Waals surface area contributed by atoms with Crippen molar-refractivity contribution in [1.82, 2.24) is 14.8 Å². The number of sulfone groups is 1. The van der Waals surface area contributed by atoms with Crippen molar-refractivity contribution in [2.24, 2.45) is 0 Å². The molecule has 5 rings (SSSR count). The highest BCUT2D eigenvalue weighted by molar-refractivity contribution is 7.94. The Morgan fingerprint density at radius 3 is 2.34 bits per heavy atom. The second-order valence-corrected chi connectivity index (χ2v) is 12.0. The summed E-state index contributed by atoms with van der Waals surface area (Å²) in [6, 6.07) is 11.3. The highest BCUT2D eigenvalue weighted by Crippen LogP contribution is 2.57. The second-order valence-electron chi connectivity index (χ2n) is 9.38. The minimum Gasteiger partial charge on any atom is -0.348 e. The van der Waals surface area contributed by atoms with Gasteiger partial charge in [0.2, 0.25) is 5.00 Å². The van der Waals surface area contributed by atoms with Crippen LogP contribution in [0.15, 0.2) is 41.2 Å². The van der Waals surface area contributed by atoms with Crippen molar-refractivity contribution >= 4 is 21.7 Å². The molecular weight excluding hydrogens is 475 g/mol. The van der Waals surface area contributed by atoms with E-state index in [1.54, 1.807) is 24.3 Å². The molecule has 1 aromatic carbocycles. The van der Waals surface area contributed by atoms with Gasteiger partial charge in [0.1, 0.15) is 11.3 Å². The summed E-state index contributed by atoms with van der Waals surface area (Å²) in [5.41, 5.74) is 0.597. The number of rotatable bonds is 7. The van der Waals surface area contributed by atoms with Crippen LogP contribution in [0.25, 0.3) is 0 Å². The van der Waals surface area contributed by atoms with Gasteiger partial charge in [-0.15, -0.1) is 0 Å². The Morgan fingerprint density at radius 1 is 1.06 bits per heavy atom. The normalized spacial score (nSPS) is 19.4. The van der Waals surface area contributed by atoms with E-state index in [2.05, 4.69) is 5.32 Å². The van der Waals surface area contributed by atoms with E-state index in [-0.39, 0.29) is 50.3 Å². The smallest absolute Gasteiger partial charge is 0.270 e. The van der Waals surface area contributed by atoms with Crippen LogP contribution in [0.4, 0.5) is 4.39 Å². The SMILES string of the molecule is N#Cc1ccc(CNC(=O)c2ccc3n(c2=O)CCN(CC2(S(=O)(=O)C4(F)CC4)CC2)C3=O)cc1. The highest BCUT2D eigenvalue weighted by atomic mass is 32.2. The Morgan fingerprint density at radius 2 is 1.74 bits per heavy atom. The lowest BCUT2D eigenvalue weighted by atomic mass is 10.1. The molecular formula is C24H23FN4O5S. The Labute approximate surface area is 201 Å². The van der Waals surface area contributed by atoms with E-state index in [4.69, 9.17) is 5.26 Å². The maximum Gasteiger partial charge on any atom is 0.270 e. The highest BCUT2D eigenvalue weighted by Gasteiger charge is 2.69. The number of halogens is 1. The molecule has 0 atom stereocenters. The first-order valence-electron chi connectivity index (χ1n) is 11.3. The summed E-state index contributed by atoms with van der Waals surface area (Å²) < 4.78 is 40.0. The number of hydrogen-bond acceptors (Lipinski definition) is 6. The summed E-state index contributed by atoms with van der Waals surface area (Å²) >= 11 is 0. The molecule has 3 aliphatic rings. The molecule has 2 saturated carbocycles. The molecule has 1 aliphatic heterocycles. The number of fused-ring (bicyclic) bond motifs is 1. The molecule has 2 heterocycles. The molecule has 11 heteroatoms. The van der Waals surface area contributed by atoms with Crippen molar-refractivity contribution in [1.29, 1.82) is 5.26 Å². The lowest BCUT2D eigenvalue weighted by Gasteiger charge is -2.33. The van der Waals surface area contributed by atoms with Crippen LogP contribution in [-0.2, 0) is 22.9 Å². The summed E-state index contributed by atoms with van der Waals surface area (Å²) in [5, 5.41) is 9.36. The average Bonchev–Trinajstić information content (AvgIpc) is 3.78. The van der Waals surface area contributed by atoms with Crippen LogP contribution in [0.3, 0.4) is 0 Å². The van der Waals surface area contributed by atoms with E-state index in [0.717, 1.165) is 5.56 Å². The first-order valence-corrected chi connectivity index (χ1v) is 12.8. The molecule has 182 valence electrons. The molecule has 0 saturated heterocycles. The van der Waals surface area contributed by atoms with Gasteiger partial charge in [-0.1, -0.05) is 12.1 Å². The van der Waals surface area contributed by atoms with Crippen molar-refractivity contribution in [3.8, 4) is 6.07 Å². The quantitative estimate of drug-likeness (QED) is 0.616. The van der Waals surface area contributed by atoms with Gasteiger partial charge >= 0.3 is 0 Å². The second kappa shape index (κ2) is 8.02. The number of hydrogen-bond donors (Lipinski definition) is 1. The molecule has 2 aromatic rings. The Hall–Kier alpha value is -3.52. The monoisotopic (exact) mass is 498 g/mol. The summed E-state index contributed by atoms with van der Waals surface area (Å²) in [6.45, 7) is 0.262. The summed E-state index contributed by atoms with van der Waals surface area (Å²) in [5.74, 6) is -1.10. The van der Waals surface area contributed by atoms with Gasteiger partial charge < -0.3 is 14.8 Å². The van der Waals surface area contributed by atoms with Crippen LogP contribution in [0, 0.1) is 11.3 Å². The largest absolute Gasteiger partial charge is 0.348 e. The number of amides is 2. The predicted octanol–water partition coefficient (Wildman–Crippen LogP) is 1.51. The Balaban J connectivity index is 1.30. The first kappa shape index (κ1) is 23.2. The van der Waals surface area contributed by atoms with Gasteiger partial charge in [-0.25, -0.2) is 12.8 Å². The molecule has 2 aliphatic carbocycles. The van der Waals surface area contributed by atoms with E-state index < -0.39 is 37.0 Å². The summed E-state index contributed by atoms with van der Waals surface area (Å²) in [7, 11) is -4.01. The minimum absolute atomic E-state index is 0.000719. The fraction of sp³-hybridized carbons (Fsp3) is 0.417. The van der Waals surface area contributed by atoms with Crippen LogP contribution in [0.2, 0.25) is 0 Å². The fourth-order valence-electron chi connectivity index (χ4n) is 4.52. The standard InChI is InChI=1S/C24H23FN4O5S/c25-24(9-10-24)35(33,34)23(7-8-23)15-28-11-12-29-19(22(28)32)6-5-18(21(29)31)20(30)27-14-17-3-1-16(13-26)2-4-17/h1-6H,7-12,14-15H2,(H,27,30). The number of nitrogens with one attached hydrogen (secondary N) is 1. The van der Waals surface area contributed by atoms with Crippen LogP contribution in [0.5, 0.6) is 0 Å². The molecule has 0 bridgehead atoms. The van der Waals surface area contributed by atoms with Gasteiger partial charge in [0.15, 0.2) is 9.84 Å². The number of carbonyl (C=O) groups is 2. The predicted molar refractivity (Wildman–Crippen MR) is 123 cm³/mol. The van der Waals surface area contributed by atoms with E-state index in [9.17, 15) is 27.2 Å². The van der Waals surface area contributed by atoms with Crippen molar-refractivity contribution in [3.63, 3.8) is 0 Å².